The van der Waals surface area contributed by atoms with Crippen molar-refractivity contribution in [3.8, 4) is 11.3 Å². The summed E-state index contributed by atoms with van der Waals surface area (Å²) >= 11 is 13.2. The minimum absolute atomic E-state index is 0.0555. The van der Waals surface area contributed by atoms with Crippen LogP contribution in [0.5, 0.6) is 0 Å². The molecule has 1 N–H and O–H groups in total. The summed E-state index contributed by atoms with van der Waals surface area (Å²) in [4.78, 5) is 16.0. The molecule has 0 radical (unpaired) electrons. The third-order valence-corrected chi connectivity index (χ3v) is 8.81. The van der Waals surface area contributed by atoms with Gasteiger partial charge >= 0.3 is 0 Å². The SMILES string of the molecule is Cn1c(-c2ccc(Cl)cc2)cc(CCCO)c1C=C1SC(=S)N(C2CC3CCC2C3)C1=O. The molecular formula is C25H27ClN2O2S2. The zero-order valence-corrected chi connectivity index (χ0v) is 20.5. The Morgan fingerprint density at radius 3 is 2.69 bits per heavy atom. The Labute approximate surface area is 203 Å². The van der Waals surface area contributed by atoms with Crippen molar-refractivity contribution < 1.29 is 9.90 Å². The van der Waals surface area contributed by atoms with E-state index >= 15 is 0 Å². The van der Waals surface area contributed by atoms with Crippen molar-refractivity contribution in [2.75, 3.05) is 6.61 Å². The van der Waals surface area contributed by atoms with Gasteiger partial charge < -0.3 is 9.67 Å². The van der Waals surface area contributed by atoms with Gasteiger partial charge in [0.05, 0.1) is 4.91 Å². The number of rotatable bonds is 6. The Kier molecular flexibility index (Phi) is 6.23. The van der Waals surface area contributed by atoms with Gasteiger partial charge in [0.1, 0.15) is 4.32 Å². The molecule has 3 unspecified atom stereocenters. The number of halogens is 1. The number of hydrogen-bond donors (Lipinski definition) is 1. The smallest absolute Gasteiger partial charge is 0.266 e. The Morgan fingerprint density at radius 2 is 2.03 bits per heavy atom. The zero-order valence-electron chi connectivity index (χ0n) is 18.1. The Morgan fingerprint density at radius 1 is 1.25 bits per heavy atom. The lowest BCUT2D eigenvalue weighted by atomic mass is 9.94. The van der Waals surface area contributed by atoms with Crippen LogP contribution in [-0.4, -0.2) is 37.4 Å². The molecule has 168 valence electrons. The first-order chi connectivity index (χ1) is 15.5. The summed E-state index contributed by atoms with van der Waals surface area (Å²) in [5, 5.41) is 10.1. The van der Waals surface area contributed by atoms with E-state index in [4.69, 9.17) is 23.8 Å². The molecule has 1 aromatic heterocycles. The maximum atomic E-state index is 13.4. The van der Waals surface area contributed by atoms with Crippen molar-refractivity contribution in [3.05, 3.63) is 51.5 Å². The molecule has 2 saturated carbocycles. The summed E-state index contributed by atoms with van der Waals surface area (Å²) in [7, 11) is 2.02. The molecule has 3 aliphatic rings. The lowest BCUT2D eigenvalue weighted by Gasteiger charge is -2.30. The van der Waals surface area contributed by atoms with Gasteiger partial charge in [-0.2, -0.15) is 0 Å². The molecule has 2 aromatic rings. The van der Waals surface area contributed by atoms with Crippen molar-refractivity contribution >= 4 is 51.9 Å². The van der Waals surface area contributed by atoms with Crippen LogP contribution in [0.15, 0.2) is 35.2 Å². The fourth-order valence-electron chi connectivity index (χ4n) is 5.66. The third kappa shape index (κ3) is 3.96. The molecule has 3 fully saturated rings. The summed E-state index contributed by atoms with van der Waals surface area (Å²) in [6.45, 7) is 0.136. The fraction of sp³-hybridized carbons (Fsp3) is 0.440. The normalized spacial score (nSPS) is 26.2. The van der Waals surface area contributed by atoms with Crippen molar-refractivity contribution in [3.63, 3.8) is 0 Å². The van der Waals surface area contributed by atoms with E-state index in [1.54, 1.807) is 0 Å². The molecule has 2 aliphatic carbocycles. The summed E-state index contributed by atoms with van der Waals surface area (Å²) in [5.74, 6) is 1.42. The number of fused-ring (bicyclic) bond motifs is 2. The summed E-state index contributed by atoms with van der Waals surface area (Å²) < 4.78 is 2.82. The molecule has 1 aliphatic heterocycles. The van der Waals surface area contributed by atoms with Crippen LogP contribution in [-0.2, 0) is 18.3 Å². The number of carbonyl (C=O) groups is 1. The molecule has 2 bridgehead atoms. The van der Waals surface area contributed by atoms with Crippen molar-refractivity contribution in [2.24, 2.45) is 18.9 Å². The molecule has 1 saturated heterocycles. The summed E-state index contributed by atoms with van der Waals surface area (Å²) in [5.41, 5.74) is 4.24. The Bertz CT molecular complexity index is 1090. The lowest BCUT2D eigenvalue weighted by Crippen LogP contribution is -2.41. The van der Waals surface area contributed by atoms with E-state index in [0.717, 1.165) is 41.3 Å². The minimum atomic E-state index is 0.0555. The number of thiocarbonyl (C=S) groups is 1. The molecule has 1 amide bonds. The first-order valence-electron chi connectivity index (χ1n) is 11.3. The van der Waals surface area contributed by atoms with Crippen LogP contribution < -0.4 is 0 Å². The van der Waals surface area contributed by atoms with Crippen LogP contribution in [0, 0.1) is 11.8 Å². The number of aryl methyl sites for hydroxylation is 1. The van der Waals surface area contributed by atoms with Gasteiger partial charge in [-0.1, -0.05) is 54.1 Å². The summed E-state index contributed by atoms with van der Waals surface area (Å²) in [6, 6.07) is 10.2. The highest BCUT2D eigenvalue weighted by Gasteiger charge is 2.48. The molecule has 0 spiro atoms. The molecule has 2 heterocycles. The second kappa shape index (κ2) is 8.98. The van der Waals surface area contributed by atoms with Gasteiger partial charge in [-0.3, -0.25) is 9.69 Å². The van der Waals surface area contributed by atoms with Gasteiger partial charge in [0.15, 0.2) is 0 Å². The standard InChI is InChI=1S/C25H27ClN2O2S2/c1-27-20(16-6-8-19(26)9-7-16)13-17(3-2-10-29)21(27)14-23-24(30)28(25(31)32-23)22-12-15-4-5-18(22)11-15/h6-9,13-15,18,22,29H,2-5,10-12H2,1H3. The average molecular weight is 487 g/mol. The number of thioether (sulfide) groups is 1. The second-order valence-corrected chi connectivity index (χ2v) is 11.2. The second-order valence-electron chi connectivity index (χ2n) is 9.13. The van der Waals surface area contributed by atoms with Crippen LogP contribution in [0.3, 0.4) is 0 Å². The number of aliphatic hydroxyl groups excluding tert-OH is 1. The van der Waals surface area contributed by atoms with Gasteiger partial charge in [-0.25, -0.2) is 0 Å². The van der Waals surface area contributed by atoms with Gasteiger partial charge in [-0.05, 0) is 79.3 Å². The van der Waals surface area contributed by atoms with Crippen molar-refractivity contribution in [2.45, 2.75) is 44.6 Å². The van der Waals surface area contributed by atoms with Crippen LogP contribution in [0.2, 0.25) is 5.02 Å². The average Bonchev–Trinajstić information content (AvgIpc) is 3.53. The monoisotopic (exact) mass is 486 g/mol. The van der Waals surface area contributed by atoms with Crippen molar-refractivity contribution in [1.29, 1.82) is 0 Å². The molecule has 5 rings (SSSR count). The molecule has 1 aromatic carbocycles. The maximum Gasteiger partial charge on any atom is 0.266 e. The highest BCUT2D eigenvalue weighted by atomic mass is 35.5. The lowest BCUT2D eigenvalue weighted by molar-refractivity contribution is -0.124. The maximum absolute atomic E-state index is 13.4. The van der Waals surface area contributed by atoms with Gasteiger partial charge in [-0.15, -0.1) is 0 Å². The number of carbonyl (C=O) groups excluding carboxylic acids is 1. The van der Waals surface area contributed by atoms with Gasteiger partial charge in [0.25, 0.3) is 5.91 Å². The van der Waals surface area contributed by atoms with Crippen LogP contribution >= 0.6 is 35.6 Å². The van der Waals surface area contributed by atoms with E-state index in [2.05, 4.69) is 10.6 Å². The summed E-state index contributed by atoms with van der Waals surface area (Å²) in [6.07, 6.45) is 8.29. The van der Waals surface area contributed by atoms with Crippen LogP contribution in [0.25, 0.3) is 17.3 Å². The number of nitrogens with zero attached hydrogens (tertiary/aromatic N) is 2. The molecule has 7 heteroatoms. The number of hydrogen-bond acceptors (Lipinski definition) is 4. The zero-order chi connectivity index (χ0) is 22.4. The van der Waals surface area contributed by atoms with Gasteiger partial charge in [0, 0.05) is 36.1 Å². The number of amides is 1. The predicted molar refractivity (Wildman–Crippen MR) is 136 cm³/mol. The third-order valence-electron chi connectivity index (χ3n) is 7.23. The Balaban J connectivity index is 1.49. The minimum Gasteiger partial charge on any atom is -0.396 e. The first-order valence-corrected chi connectivity index (χ1v) is 12.9. The molecule has 4 nitrogen and oxygen atoms in total. The van der Waals surface area contributed by atoms with E-state index in [9.17, 15) is 9.90 Å². The quantitative estimate of drug-likeness (QED) is 0.422. The van der Waals surface area contributed by atoms with E-state index in [0.29, 0.717) is 26.6 Å². The largest absolute Gasteiger partial charge is 0.396 e. The topological polar surface area (TPSA) is 45.5 Å². The number of aromatic nitrogens is 1. The Hall–Kier alpha value is -1.60. The highest BCUT2D eigenvalue weighted by Crippen LogP contribution is 2.49. The fourth-order valence-corrected chi connectivity index (χ4v) is 7.13. The first kappa shape index (κ1) is 22.2. The van der Waals surface area contributed by atoms with E-state index in [1.165, 1.54) is 31.0 Å². The van der Waals surface area contributed by atoms with E-state index in [-0.39, 0.29) is 18.6 Å². The molecular weight excluding hydrogens is 460 g/mol. The molecule has 32 heavy (non-hydrogen) atoms. The van der Waals surface area contributed by atoms with Crippen molar-refractivity contribution in [1.82, 2.24) is 9.47 Å². The molecule has 3 atom stereocenters. The van der Waals surface area contributed by atoms with E-state index < -0.39 is 0 Å². The van der Waals surface area contributed by atoms with E-state index in [1.807, 2.05) is 42.3 Å². The predicted octanol–water partition coefficient (Wildman–Crippen LogP) is 5.66. The number of benzene rings is 1. The number of aliphatic hydroxyl groups is 1. The van der Waals surface area contributed by atoms with Crippen LogP contribution in [0.4, 0.5) is 0 Å². The van der Waals surface area contributed by atoms with Crippen LogP contribution in [0.1, 0.15) is 43.4 Å². The van der Waals surface area contributed by atoms with Gasteiger partial charge in [0.2, 0.25) is 0 Å². The highest BCUT2D eigenvalue weighted by molar-refractivity contribution is 8.26.